The number of thioether (sulfide) groups is 1. The minimum Gasteiger partial charge on any atom is -0.497 e. The molecule has 0 N–H and O–H groups in total. The van der Waals surface area contributed by atoms with Crippen molar-refractivity contribution in [1.29, 1.82) is 0 Å². The highest BCUT2D eigenvalue weighted by Crippen LogP contribution is 2.29. The van der Waals surface area contributed by atoms with Crippen LogP contribution in [0.3, 0.4) is 0 Å². The Labute approximate surface area is 212 Å². The molecule has 5 aromatic rings. The van der Waals surface area contributed by atoms with E-state index in [0.717, 1.165) is 23.1 Å². The molecule has 0 aliphatic carbocycles. The van der Waals surface area contributed by atoms with Crippen molar-refractivity contribution in [2.45, 2.75) is 37.1 Å². The molecule has 0 radical (unpaired) electrons. The molecular weight excluding hydrogens is 472 g/mol. The van der Waals surface area contributed by atoms with Gasteiger partial charge >= 0.3 is 5.63 Å². The summed E-state index contributed by atoms with van der Waals surface area (Å²) in [5.41, 5.74) is 3.33. The Bertz CT molecular complexity index is 1670. The third kappa shape index (κ3) is 4.54. The van der Waals surface area contributed by atoms with Gasteiger partial charge in [-0.3, -0.25) is 9.36 Å². The van der Waals surface area contributed by atoms with E-state index in [4.69, 9.17) is 14.1 Å². The maximum Gasteiger partial charge on any atom is 0.336 e. The van der Waals surface area contributed by atoms with Crippen LogP contribution in [-0.4, -0.2) is 16.7 Å². The molecule has 1 unspecified atom stereocenters. The van der Waals surface area contributed by atoms with Crippen molar-refractivity contribution in [3.8, 4) is 11.4 Å². The fourth-order valence-corrected chi connectivity index (χ4v) is 5.23. The van der Waals surface area contributed by atoms with E-state index in [1.165, 1.54) is 23.4 Å². The molecular formula is C29H26N2O4S. The summed E-state index contributed by atoms with van der Waals surface area (Å²) in [6.07, 6.45) is 1.04. The highest BCUT2D eigenvalue weighted by molar-refractivity contribution is 7.98. The minimum absolute atomic E-state index is 0.124. The average molecular weight is 499 g/mol. The smallest absolute Gasteiger partial charge is 0.336 e. The van der Waals surface area contributed by atoms with Gasteiger partial charge in [0.25, 0.3) is 5.56 Å². The predicted molar refractivity (Wildman–Crippen MR) is 145 cm³/mol. The van der Waals surface area contributed by atoms with Crippen LogP contribution in [0.5, 0.6) is 5.75 Å². The molecule has 0 saturated carbocycles. The van der Waals surface area contributed by atoms with Gasteiger partial charge in [0.2, 0.25) is 0 Å². The van der Waals surface area contributed by atoms with Crippen LogP contribution < -0.4 is 15.9 Å². The number of ether oxygens (including phenoxy) is 1. The zero-order chi connectivity index (χ0) is 25.2. The molecule has 5 rings (SSSR count). The van der Waals surface area contributed by atoms with Gasteiger partial charge in [0.15, 0.2) is 5.16 Å². The van der Waals surface area contributed by atoms with Crippen LogP contribution >= 0.6 is 11.8 Å². The number of rotatable bonds is 7. The SMILES string of the molecule is CCC(C)c1ccc(-n2c(SCc3cc(=O)oc4cc(OC)ccc34)nc3ccccc3c2=O)cc1. The second-order valence-corrected chi connectivity index (χ2v) is 9.64. The second-order valence-electron chi connectivity index (χ2n) is 8.69. The van der Waals surface area contributed by atoms with Gasteiger partial charge in [-0.25, -0.2) is 9.78 Å². The minimum atomic E-state index is -0.434. The van der Waals surface area contributed by atoms with E-state index >= 15 is 0 Å². The van der Waals surface area contributed by atoms with Gasteiger partial charge in [0.05, 0.1) is 23.7 Å². The number of aromatic nitrogens is 2. The van der Waals surface area contributed by atoms with Crippen LogP contribution in [0.25, 0.3) is 27.6 Å². The molecule has 0 saturated heterocycles. The maximum absolute atomic E-state index is 13.6. The first kappa shape index (κ1) is 23.9. The number of fused-ring (bicyclic) bond motifs is 2. The van der Waals surface area contributed by atoms with Gasteiger partial charge in [-0.05, 0) is 59.9 Å². The second kappa shape index (κ2) is 10.0. The van der Waals surface area contributed by atoms with E-state index in [1.54, 1.807) is 23.8 Å². The number of para-hydroxylation sites is 1. The van der Waals surface area contributed by atoms with Crippen LogP contribution in [0.2, 0.25) is 0 Å². The van der Waals surface area contributed by atoms with Crippen molar-refractivity contribution in [1.82, 2.24) is 9.55 Å². The molecule has 1 atom stereocenters. The van der Waals surface area contributed by atoms with E-state index in [2.05, 4.69) is 26.0 Å². The van der Waals surface area contributed by atoms with E-state index in [-0.39, 0.29) is 5.56 Å². The molecule has 7 heteroatoms. The Hall–Kier alpha value is -3.84. The first-order valence-electron chi connectivity index (χ1n) is 11.8. The van der Waals surface area contributed by atoms with E-state index < -0.39 is 5.63 Å². The lowest BCUT2D eigenvalue weighted by Crippen LogP contribution is -2.21. The van der Waals surface area contributed by atoms with Gasteiger partial charge in [0, 0.05) is 23.3 Å². The van der Waals surface area contributed by atoms with Crippen LogP contribution in [0.4, 0.5) is 0 Å². The lowest BCUT2D eigenvalue weighted by atomic mass is 9.98. The van der Waals surface area contributed by atoms with Crippen LogP contribution in [-0.2, 0) is 5.75 Å². The van der Waals surface area contributed by atoms with Crippen molar-refractivity contribution < 1.29 is 9.15 Å². The molecule has 0 spiro atoms. The third-order valence-electron chi connectivity index (χ3n) is 6.47. The van der Waals surface area contributed by atoms with Gasteiger partial charge in [-0.1, -0.05) is 49.9 Å². The Morgan fingerprint density at radius 1 is 1.00 bits per heavy atom. The normalized spacial score (nSPS) is 12.2. The largest absolute Gasteiger partial charge is 0.497 e. The van der Waals surface area contributed by atoms with Crippen molar-refractivity contribution in [3.63, 3.8) is 0 Å². The zero-order valence-corrected chi connectivity index (χ0v) is 21.2. The van der Waals surface area contributed by atoms with E-state index in [9.17, 15) is 9.59 Å². The molecule has 182 valence electrons. The summed E-state index contributed by atoms with van der Waals surface area (Å²) in [6.45, 7) is 4.35. The summed E-state index contributed by atoms with van der Waals surface area (Å²) < 4.78 is 12.3. The number of hydrogen-bond donors (Lipinski definition) is 0. The van der Waals surface area contributed by atoms with Crippen molar-refractivity contribution in [2.75, 3.05) is 7.11 Å². The predicted octanol–water partition coefficient (Wildman–Crippen LogP) is 6.31. The summed E-state index contributed by atoms with van der Waals surface area (Å²) >= 11 is 1.41. The summed E-state index contributed by atoms with van der Waals surface area (Å²) in [4.78, 5) is 30.7. The Kier molecular flexibility index (Phi) is 6.65. The maximum atomic E-state index is 13.6. The number of hydrogen-bond acceptors (Lipinski definition) is 6. The fraction of sp³-hybridized carbons (Fsp3) is 0.207. The van der Waals surface area contributed by atoms with Gasteiger partial charge < -0.3 is 9.15 Å². The monoisotopic (exact) mass is 498 g/mol. The van der Waals surface area contributed by atoms with Crippen molar-refractivity contribution >= 4 is 33.6 Å². The summed E-state index contributed by atoms with van der Waals surface area (Å²) in [7, 11) is 1.57. The molecule has 0 bridgehead atoms. The number of nitrogens with zero attached hydrogens (tertiary/aromatic N) is 2. The molecule has 36 heavy (non-hydrogen) atoms. The van der Waals surface area contributed by atoms with Gasteiger partial charge in [-0.15, -0.1) is 0 Å². The Balaban J connectivity index is 1.60. The molecule has 0 amide bonds. The average Bonchev–Trinajstić information content (AvgIpc) is 2.91. The summed E-state index contributed by atoms with van der Waals surface area (Å²) in [6, 6.07) is 22.4. The Morgan fingerprint density at radius 3 is 2.53 bits per heavy atom. The van der Waals surface area contributed by atoms with Gasteiger partial charge in [0.1, 0.15) is 11.3 Å². The molecule has 2 heterocycles. The molecule has 0 fully saturated rings. The van der Waals surface area contributed by atoms with E-state index in [1.807, 2.05) is 42.5 Å². The third-order valence-corrected chi connectivity index (χ3v) is 7.46. The standard InChI is InChI=1S/C29H26N2O4S/c1-4-18(2)19-9-11-21(12-10-19)31-28(33)24-7-5-6-8-25(24)30-29(31)36-17-20-15-27(32)35-26-16-22(34-3)13-14-23(20)26/h5-16,18H,4,17H2,1-3H3. The van der Waals surface area contributed by atoms with Crippen LogP contribution in [0.1, 0.15) is 37.3 Å². The van der Waals surface area contributed by atoms with Crippen LogP contribution in [0.15, 0.2) is 92.0 Å². The first-order chi connectivity index (χ1) is 17.5. The van der Waals surface area contributed by atoms with Crippen molar-refractivity contribution in [3.05, 3.63) is 105 Å². The topological polar surface area (TPSA) is 74.3 Å². The Morgan fingerprint density at radius 2 is 1.78 bits per heavy atom. The quantitative estimate of drug-likeness (QED) is 0.149. The molecule has 0 aliphatic rings. The van der Waals surface area contributed by atoms with Crippen molar-refractivity contribution in [2.24, 2.45) is 0 Å². The zero-order valence-electron chi connectivity index (χ0n) is 20.4. The lowest BCUT2D eigenvalue weighted by molar-refractivity contribution is 0.414. The number of benzene rings is 3. The molecule has 6 nitrogen and oxygen atoms in total. The molecule has 3 aromatic carbocycles. The number of methoxy groups -OCH3 is 1. The first-order valence-corrected chi connectivity index (χ1v) is 12.8. The highest BCUT2D eigenvalue weighted by atomic mass is 32.2. The lowest BCUT2D eigenvalue weighted by Gasteiger charge is -2.15. The molecule has 2 aromatic heterocycles. The highest BCUT2D eigenvalue weighted by Gasteiger charge is 2.15. The summed E-state index contributed by atoms with van der Waals surface area (Å²) in [5.74, 6) is 1.49. The molecule has 0 aliphatic heterocycles. The van der Waals surface area contributed by atoms with Gasteiger partial charge in [-0.2, -0.15) is 0 Å². The van der Waals surface area contributed by atoms with E-state index in [0.29, 0.717) is 39.1 Å². The fourth-order valence-electron chi connectivity index (χ4n) is 4.22. The van der Waals surface area contributed by atoms with Crippen LogP contribution in [0, 0.1) is 0 Å². The summed E-state index contributed by atoms with van der Waals surface area (Å²) in [5, 5.41) is 1.94.